The summed E-state index contributed by atoms with van der Waals surface area (Å²) in [7, 11) is 1.61. The summed E-state index contributed by atoms with van der Waals surface area (Å²) in [4.78, 5) is 8.24. The molecule has 0 fully saturated rings. The van der Waals surface area contributed by atoms with Crippen molar-refractivity contribution in [3.05, 3.63) is 42.0 Å². The van der Waals surface area contributed by atoms with Gasteiger partial charge in [0.15, 0.2) is 0 Å². The number of nitriles is 1. The number of fused-ring (bicyclic) bond motifs is 1. The van der Waals surface area contributed by atoms with Gasteiger partial charge in [0, 0.05) is 17.0 Å². The number of anilines is 1. The summed E-state index contributed by atoms with van der Waals surface area (Å²) in [6.45, 7) is 0.412. The Bertz CT molecular complexity index is 848. The quantitative estimate of drug-likeness (QED) is 0.776. The first-order valence-electron chi connectivity index (χ1n) is 6.22. The summed E-state index contributed by atoms with van der Waals surface area (Å²) in [5, 5.41) is 13.7. The fraction of sp³-hybridized carbons (Fsp3) is 0.143. The van der Waals surface area contributed by atoms with Crippen molar-refractivity contribution in [3.63, 3.8) is 0 Å². The standard InChI is InChI=1S/C14H12N6O/c1-21-11-3-2-9-4-10(14(16)18-12(9)5-11)7-20-8-17-13(6-15)19-20/h2-5,8H,7H2,1H3,(H2,16,18). The largest absolute Gasteiger partial charge is 0.497 e. The molecule has 21 heavy (non-hydrogen) atoms. The minimum atomic E-state index is 0.132. The van der Waals surface area contributed by atoms with Gasteiger partial charge in [-0.25, -0.2) is 14.6 Å². The van der Waals surface area contributed by atoms with Gasteiger partial charge in [0.05, 0.1) is 19.2 Å². The van der Waals surface area contributed by atoms with Gasteiger partial charge in [-0.1, -0.05) is 0 Å². The van der Waals surface area contributed by atoms with Crippen molar-refractivity contribution in [3.8, 4) is 11.8 Å². The van der Waals surface area contributed by atoms with Gasteiger partial charge in [-0.2, -0.15) is 5.26 Å². The molecule has 104 valence electrons. The predicted octanol–water partition coefficient (Wildman–Crippen LogP) is 1.34. The van der Waals surface area contributed by atoms with Crippen molar-refractivity contribution < 1.29 is 4.74 Å². The molecule has 0 spiro atoms. The lowest BCUT2D eigenvalue weighted by Gasteiger charge is -2.08. The molecule has 0 amide bonds. The van der Waals surface area contributed by atoms with E-state index in [4.69, 9.17) is 15.7 Å². The highest BCUT2D eigenvalue weighted by Gasteiger charge is 2.07. The molecule has 0 saturated carbocycles. The second-order valence-corrected chi connectivity index (χ2v) is 4.47. The Kier molecular flexibility index (Phi) is 3.12. The van der Waals surface area contributed by atoms with E-state index in [0.29, 0.717) is 12.4 Å². The molecule has 0 unspecified atom stereocenters. The maximum Gasteiger partial charge on any atom is 0.252 e. The molecule has 0 aliphatic heterocycles. The summed E-state index contributed by atoms with van der Waals surface area (Å²) < 4.78 is 6.73. The monoisotopic (exact) mass is 280 g/mol. The molecule has 3 rings (SSSR count). The Morgan fingerprint density at radius 3 is 2.95 bits per heavy atom. The van der Waals surface area contributed by atoms with Crippen LogP contribution in [0, 0.1) is 11.3 Å². The fourth-order valence-electron chi connectivity index (χ4n) is 2.06. The van der Waals surface area contributed by atoms with Crippen molar-refractivity contribution in [2.75, 3.05) is 12.8 Å². The normalized spacial score (nSPS) is 10.5. The van der Waals surface area contributed by atoms with Crippen LogP contribution >= 0.6 is 0 Å². The highest BCUT2D eigenvalue weighted by atomic mass is 16.5. The molecule has 0 aliphatic carbocycles. The maximum atomic E-state index is 8.73. The molecule has 0 atom stereocenters. The molecule has 0 saturated heterocycles. The van der Waals surface area contributed by atoms with E-state index in [1.54, 1.807) is 11.8 Å². The van der Waals surface area contributed by atoms with E-state index in [0.717, 1.165) is 22.2 Å². The SMILES string of the molecule is COc1ccc2cc(Cn3cnc(C#N)n3)c(N)nc2c1. The van der Waals surface area contributed by atoms with Crippen molar-refractivity contribution in [1.82, 2.24) is 19.7 Å². The van der Waals surface area contributed by atoms with Crippen molar-refractivity contribution in [2.45, 2.75) is 6.54 Å². The Morgan fingerprint density at radius 2 is 2.24 bits per heavy atom. The zero-order chi connectivity index (χ0) is 14.8. The van der Waals surface area contributed by atoms with Crippen LogP contribution in [0.5, 0.6) is 5.75 Å². The van der Waals surface area contributed by atoms with E-state index < -0.39 is 0 Å². The smallest absolute Gasteiger partial charge is 0.252 e. The highest BCUT2D eigenvalue weighted by Crippen LogP contribution is 2.23. The first-order valence-corrected chi connectivity index (χ1v) is 6.22. The molecule has 0 bridgehead atoms. The van der Waals surface area contributed by atoms with E-state index in [1.807, 2.05) is 30.3 Å². The number of hydrogen-bond acceptors (Lipinski definition) is 6. The van der Waals surface area contributed by atoms with Gasteiger partial charge in [-0.3, -0.25) is 0 Å². The van der Waals surface area contributed by atoms with Gasteiger partial charge in [0.25, 0.3) is 5.82 Å². The van der Waals surface area contributed by atoms with Gasteiger partial charge in [0.1, 0.15) is 24.0 Å². The van der Waals surface area contributed by atoms with Crippen molar-refractivity contribution >= 4 is 16.7 Å². The van der Waals surface area contributed by atoms with Crippen molar-refractivity contribution in [1.29, 1.82) is 5.26 Å². The molecule has 2 aromatic heterocycles. The van der Waals surface area contributed by atoms with E-state index in [2.05, 4.69) is 15.1 Å². The number of ether oxygens (including phenoxy) is 1. The molecule has 0 radical (unpaired) electrons. The number of pyridine rings is 1. The van der Waals surface area contributed by atoms with Crippen LogP contribution < -0.4 is 10.5 Å². The molecular formula is C14H12N6O. The molecule has 0 aliphatic rings. The van der Waals surface area contributed by atoms with Gasteiger partial charge in [-0.05, 0) is 18.2 Å². The number of hydrogen-bond donors (Lipinski definition) is 1. The third-order valence-corrected chi connectivity index (χ3v) is 3.11. The van der Waals surface area contributed by atoms with E-state index in [9.17, 15) is 0 Å². The van der Waals surface area contributed by atoms with Crippen molar-refractivity contribution in [2.24, 2.45) is 0 Å². The average Bonchev–Trinajstić information content (AvgIpc) is 2.95. The third kappa shape index (κ3) is 2.47. The summed E-state index contributed by atoms with van der Waals surface area (Å²) >= 11 is 0. The van der Waals surface area contributed by atoms with Crippen LogP contribution in [0.15, 0.2) is 30.6 Å². The number of nitrogens with zero attached hydrogens (tertiary/aromatic N) is 5. The Morgan fingerprint density at radius 1 is 1.38 bits per heavy atom. The number of benzene rings is 1. The molecule has 7 nitrogen and oxygen atoms in total. The van der Waals surface area contributed by atoms with Gasteiger partial charge in [0.2, 0.25) is 0 Å². The highest BCUT2D eigenvalue weighted by molar-refractivity contribution is 5.82. The molecular weight excluding hydrogens is 268 g/mol. The van der Waals surface area contributed by atoms with Crippen LogP contribution in [-0.4, -0.2) is 26.9 Å². The number of nitrogens with two attached hydrogens (primary N) is 1. The summed E-state index contributed by atoms with van der Waals surface area (Å²) in [5.41, 5.74) is 7.58. The lowest BCUT2D eigenvalue weighted by molar-refractivity contribution is 0.415. The number of nitrogen functional groups attached to an aromatic ring is 1. The van der Waals surface area contributed by atoms with E-state index in [1.165, 1.54) is 6.33 Å². The minimum Gasteiger partial charge on any atom is -0.497 e. The lowest BCUT2D eigenvalue weighted by Crippen LogP contribution is -2.05. The maximum absolute atomic E-state index is 8.73. The van der Waals surface area contributed by atoms with Crippen LogP contribution in [0.1, 0.15) is 11.4 Å². The van der Waals surface area contributed by atoms with Crippen LogP contribution in [0.3, 0.4) is 0 Å². The molecule has 3 aromatic rings. The molecule has 7 heteroatoms. The summed E-state index contributed by atoms with van der Waals surface area (Å²) in [6, 6.07) is 9.46. The Hall–Kier alpha value is -3.14. The first kappa shape index (κ1) is 12.9. The van der Waals surface area contributed by atoms with Crippen LogP contribution in [0.2, 0.25) is 0 Å². The summed E-state index contributed by atoms with van der Waals surface area (Å²) in [6.07, 6.45) is 1.50. The minimum absolute atomic E-state index is 0.132. The predicted molar refractivity (Wildman–Crippen MR) is 76.5 cm³/mol. The van der Waals surface area contributed by atoms with Crippen LogP contribution in [0.4, 0.5) is 5.82 Å². The Labute approximate surface area is 120 Å². The number of rotatable bonds is 3. The van der Waals surface area contributed by atoms with E-state index >= 15 is 0 Å². The fourth-order valence-corrected chi connectivity index (χ4v) is 2.06. The van der Waals surface area contributed by atoms with Gasteiger partial charge >= 0.3 is 0 Å². The second-order valence-electron chi connectivity index (χ2n) is 4.47. The Balaban J connectivity index is 1.99. The van der Waals surface area contributed by atoms with Gasteiger partial charge < -0.3 is 10.5 Å². The van der Waals surface area contributed by atoms with E-state index in [-0.39, 0.29) is 5.82 Å². The molecule has 1 aromatic carbocycles. The van der Waals surface area contributed by atoms with Gasteiger partial charge in [-0.15, -0.1) is 5.10 Å². The number of aromatic nitrogens is 4. The topological polar surface area (TPSA) is 103 Å². The van der Waals surface area contributed by atoms with Crippen LogP contribution in [-0.2, 0) is 6.54 Å². The third-order valence-electron chi connectivity index (χ3n) is 3.11. The van der Waals surface area contributed by atoms with Crippen LogP contribution in [0.25, 0.3) is 10.9 Å². The zero-order valence-electron chi connectivity index (χ0n) is 11.3. The molecule has 2 heterocycles. The average molecular weight is 280 g/mol. The summed E-state index contributed by atoms with van der Waals surface area (Å²) in [5.74, 6) is 1.29. The first-order chi connectivity index (χ1) is 10.2. The molecule has 2 N–H and O–H groups in total. The zero-order valence-corrected chi connectivity index (χ0v) is 11.3. The second kappa shape index (κ2) is 5.09. The number of methoxy groups -OCH3 is 1. The lowest BCUT2D eigenvalue weighted by atomic mass is 10.1.